The second-order valence-corrected chi connectivity index (χ2v) is 11.5. The lowest BCUT2D eigenvalue weighted by atomic mass is 10.1. The van der Waals surface area contributed by atoms with Crippen molar-refractivity contribution in [2.75, 3.05) is 43.6 Å². The van der Waals surface area contributed by atoms with Gasteiger partial charge in [0.05, 0.1) is 4.90 Å². The van der Waals surface area contributed by atoms with Crippen molar-refractivity contribution in [1.29, 1.82) is 0 Å². The highest BCUT2D eigenvalue weighted by atomic mass is 32.2. The molecule has 2 aromatic rings. The van der Waals surface area contributed by atoms with Crippen LogP contribution in [0.25, 0.3) is 0 Å². The van der Waals surface area contributed by atoms with Crippen molar-refractivity contribution in [3.05, 3.63) is 42.1 Å². The summed E-state index contributed by atoms with van der Waals surface area (Å²) in [5.74, 6) is -0.571. The summed E-state index contributed by atoms with van der Waals surface area (Å²) in [4.78, 5) is 33.1. The molecule has 1 saturated carbocycles. The van der Waals surface area contributed by atoms with Gasteiger partial charge in [-0.25, -0.2) is 8.42 Å². The Morgan fingerprint density at radius 1 is 1.19 bits per heavy atom. The van der Waals surface area contributed by atoms with Crippen LogP contribution in [0.15, 0.2) is 41.3 Å². The number of nitrogens with one attached hydrogen (secondary N) is 2. The number of amides is 2. The van der Waals surface area contributed by atoms with Gasteiger partial charge in [0.25, 0.3) is 5.91 Å². The molecule has 0 spiro atoms. The second-order valence-electron chi connectivity index (χ2n) is 9.46. The third kappa shape index (κ3) is 7.23. The third-order valence-electron chi connectivity index (χ3n) is 6.36. The fraction of sp³-hybridized carbons (Fsp3) is 0.458. The van der Waals surface area contributed by atoms with Crippen LogP contribution >= 0.6 is 0 Å². The molecule has 4 N–H and O–H groups in total. The van der Waals surface area contributed by atoms with Gasteiger partial charge in [0.1, 0.15) is 0 Å². The number of benzene rings is 1. The van der Waals surface area contributed by atoms with Crippen molar-refractivity contribution >= 4 is 39.1 Å². The molecule has 1 unspecified atom stereocenters. The van der Waals surface area contributed by atoms with Crippen molar-refractivity contribution < 1.29 is 18.0 Å². The molecular weight excluding hydrogens is 496 g/mol. The van der Waals surface area contributed by atoms with E-state index in [9.17, 15) is 18.0 Å². The van der Waals surface area contributed by atoms with Gasteiger partial charge in [0, 0.05) is 49.7 Å². The highest BCUT2D eigenvalue weighted by Crippen LogP contribution is 2.25. The number of sulfone groups is 1. The molecule has 198 valence electrons. The van der Waals surface area contributed by atoms with Crippen LogP contribution in [0.4, 0.5) is 17.5 Å². The molecule has 1 aromatic carbocycles. The summed E-state index contributed by atoms with van der Waals surface area (Å²) in [5.41, 5.74) is 5.78. The van der Waals surface area contributed by atoms with E-state index >= 15 is 0 Å². The molecule has 2 heterocycles. The van der Waals surface area contributed by atoms with Gasteiger partial charge in [-0.1, -0.05) is 6.08 Å². The van der Waals surface area contributed by atoms with Crippen LogP contribution in [0.2, 0.25) is 0 Å². The third-order valence-corrected chi connectivity index (χ3v) is 7.48. The molecule has 0 radical (unpaired) electrons. The minimum Gasteiger partial charge on any atom is -0.364 e. The Balaban J connectivity index is 1.41. The van der Waals surface area contributed by atoms with E-state index < -0.39 is 15.7 Å². The lowest BCUT2D eigenvalue weighted by Gasteiger charge is -2.32. The number of rotatable bonds is 10. The topological polar surface area (TPSA) is 164 Å². The average molecular weight is 529 g/mol. The molecule has 1 saturated heterocycles. The first-order chi connectivity index (χ1) is 17.6. The smallest absolute Gasteiger partial charge is 0.273 e. The summed E-state index contributed by atoms with van der Waals surface area (Å²) in [6.45, 7) is 1.92. The van der Waals surface area contributed by atoms with Crippen LogP contribution < -0.4 is 16.4 Å². The van der Waals surface area contributed by atoms with Crippen molar-refractivity contribution in [2.45, 2.75) is 42.7 Å². The second kappa shape index (κ2) is 11.2. The molecule has 1 aliphatic carbocycles. The summed E-state index contributed by atoms with van der Waals surface area (Å²) < 4.78 is 23.4. The van der Waals surface area contributed by atoms with Crippen molar-refractivity contribution in [1.82, 2.24) is 25.0 Å². The zero-order chi connectivity index (χ0) is 26.6. The quantitative estimate of drug-likeness (QED) is 0.381. The Hall–Kier alpha value is -3.58. The molecule has 2 aliphatic rings. The monoisotopic (exact) mass is 528 g/mol. The number of piperidine rings is 1. The highest BCUT2D eigenvalue weighted by Gasteiger charge is 2.26. The van der Waals surface area contributed by atoms with Crippen LogP contribution in [0.3, 0.4) is 0 Å². The highest BCUT2D eigenvalue weighted by molar-refractivity contribution is 7.90. The number of aromatic nitrogens is 3. The maximum Gasteiger partial charge on any atom is 0.273 e. The van der Waals surface area contributed by atoms with Crippen LogP contribution in [-0.2, 0) is 14.6 Å². The lowest BCUT2D eigenvalue weighted by molar-refractivity contribution is -0.127. The minimum atomic E-state index is -3.34. The van der Waals surface area contributed by atoms with Crippen molar-refractivity contribution in [2.24, 2.45) is 5.73 Å². The molecule has 4 rings (SSSR count). The van der Waals surface area contributed by atoms with E-state index in [-0.39, 0.29) is 34.3 Å². The van der Waals surface area contributed by atoms with E-state index in [4.69, 9.17) is 5.73 Å². The number of likely N-dealkylation sites (N-methyl/N-ethyl adjacent to an activating group) is 1. The molecule has 37 heavy (non-hydrogen) atoms. The molecule has 1 aliphatic heterocycles. The fourth-order valence-corrected chi connectivity index (χ4v) is 4.76. The zero-order valence-corrected chi connectivity index (χ0v) is 21.7. The maximum absolute atomic E-state index is 12.7. The molecule has 1 aromatic heterocycles. The molecule has 0 bridgehead atoms. The Morgan fingerprint density at radius 3 is 2.57 bits per heavy atom. The van der Waals surface area contributed by atoms with Crippen molar-refractivity contribution in [3.8, 4) is 0 Å². The van der Waals surface area contributed by atoms with E-state index in [0.29, 0.717) is 24.8 Å². The average Bonchev–Trinajstić information content (AvgIpc) is 3.70. The number of primary amides is 1. The Labute approximate surface area is 216 Å². The first-order valence-electron chi connectivity index (χ1n) is 12.1. The Kier molecular flexibility index (Phi) is 8.03. The van der Waals surface area contributed by atoms with Gasteiger partial charge in [-0.05, 0) is 57.0 Å². The first-order valence-corrected chi connectivity index (χ1v) is 14.0. The Morgan fingerprint density at radius 2 is 1.92 bits per heavy atom. The zero-order valence-electron chi connectivity index (χ0n) is 20.9. The largest absolute Gasteiger partial charge is 0.364 e. The van der Waals surface area contributed by atoms with E-state index in [1.165, 1.54) is 25.0 Å². The van der Waals surface area contributed by atoms with Crippen LogP contribution in [0.5, 0.6) is 0 Å². The summed E-state index contributed by atoms with van der Waals surface area (Å²) >= 11 is 0. The summed E-state index contributed by atoms with van der Waals surface area (Å²) in [6.07, 6.45) is 8.75. The number of hydrogen-bond acceptors (Lipinski definition) is 10. The van der Waals surface area contributed by atoms with Crippen molar-refractivity contribution in [3.63, 3.8) is 0 Å². The number of anilines is 3. The normalized spacial score (nSPS) is 18.2. The molecule has 1 atom stereocenters. The van der Waals surface area contributed by atoms with E-state index in [2.05, 4.69) is 37.8 Å². The molecule has 2 amide bonds. The molecule has 13 heteroatoms. The number of hydrogen-bond donors (Lipinski definition) is 3. The minimum absolute atomic E-state index is 0.0290. The molecular formula is C24H32N8O4S. The number of carbonyl (C=O) groups excluding carboxylic acids is 2. The predicted molar refractivity (Wildman–Crippen MR) is 139 cm³/mol. The van der Waals surface area contributed by atoms with Gasteiger partial charge in [-0.3, -0.25) is 14.5 Å². The summed E-state index contributed by atoms with van der Waals surface area (Å²) in [5, 5.41) is 14.1. The molecule has 12 nitrogen and oxygen atoms in total. The van der Waals surface area contributed by atoms with Gasteiger partial charge in [-0.15, -0.1) is 10.2 Å². The summed E-state index contributed by atoms with van der Waals surface area (Å²) in [6, 6.07) is 6.55. The number of nitrogens with two attached hydrogens (primary N) is 1. The van der Waals surface area contributed by atoms with Crippen LogP contribution in [-0.4, -0.2) is 90.2 Å². The Bertz CT molecular complexity index is 1280. The van der Waals surface area contributed by atoms with E-state index in [0.717, 1.165) is 25.6 Å². The van der Waals surface area contributed by atoms with Gasteiger partial charge >= 0.3 is 0 Å². The standard InChI is InChI=1S/C24H32N8O4S/c1-31(18-9-10-18)13-4-6-20(33)32-14-3-5-17(15-32)27-24-28-23(21(22(25)34)29-30-24)26-16-7-11-19(12-8-16)37(2,35)36/h4,6-8,11-12,17-18H,3,5,9-10,13-15H2,1-2H3,(H2,25,34)(H2,26,27,28,30). The predicted octanol–water partition coefficient (Wildman–Crippen LogP) is 1.17. The van der Waals surface area contributed by atoms with Gasteiger partial charge < -0.3 is 21.3 Å². The first kappa shape index (κ1) is 26.5. The van der Waals surface area contributed by atoms with Gasteiger partial charge in [0.15, 0.2) is 21.3 Å². The van der Waals surface area contributed by atoms with Crippen LogP contribution in [0, 0.1) is 0 Å². The number of carbonyl (C=O) groups is 2. The van der Waals surface area contributed by atoms with Gasteiger partial charge in [-0.2, -0.15) is 4.98 Å². The van der Waals surface area contributed by atoms with Crippen LogP contribution in [0.1, 0.15) is 36.2 Å². The van der Waals surface area contributed by atoms with E-state index in [1.54, 1.807) is 23.1 Å². The van der Waals surface area contributed by atoms with Gasteiger partial charge in [0.2, 0.25) is 11.9 Å². The SMILES string of the molecule is CN(CC=CC(=O)N1CCCC(Nc2nnc(C(N)=O)c(Nc3ccc(S(C)(=O)=O)cc3)n2)C1)C1CC1. The lowest BCUT2D eigenvalue weighted by Crippen LogP contribution is -2.44. The number of likely N-dealkylation sites (tertiary alicyclic amines) is 1. The van der Waals surface area contributed by atoms with E-state index in [1.807, 2.05) is 6.08 Å². The summed E-state index contributed by atoms with van der Waals surface area (Å²) in [7, 11) is -1.27. The number of nitrogens with zero attached hydrogens (tertiary/aromatic N) is 5. The molecule has 2 fully saturated rings. The maximum atomic E-state index is 12.7. The fourth-order valence-electron chi connectivity index (χ4n) is 4.13.